The molecule has 0 saturated heterocycles. The summed E-state index contributed by atoms with van der Waals surface area (Å²) in [6, 6.07) is 0. The van der Waals surface area contributed by atoms with Crippen LogP contribution in [0.1, 0.15) is 18.4 Å². The van der Waals surface area contributed by atoms with Crippen LogP contribution in [0.4, 0.5) is 0 Å². The van der Waals surface area contributed by atoms with Crippen LogP contribution in [-0.4, -0.2) is 4.98 Å². The summed E-state index contributed by atoms with van der Waals surface area (Å²) in [7, 11) is 0. The van der Waals surface area contributed by atoms with Gasteiger partial charge < -0.3 is 4.42 Å². The van der Waals surface area contributed by atoms with Gasteiger partial charge in [0.15, 0.2) is 12.2 Å². The van der Waals surface area contributed by atoms with Gasteiger partial charge in [-0.05, 0) is 19.1 Å². The highest BCUT2D eigenvalue weighted by atomic mass is 16.3. The van der Waals surface area contributed by atoms with Crippen LogP contribution in [0.25, 0.3) is 12.2 Å². The maximum atomic E-state index is 5.03. The van der Waals surface area contributed by atoms with Crippen molar-refractivity contribution in [3.8, 4) is 0 Å². The molecule has 10 heavy (non-hydrogen) atoms. The second-order valence-electron chi connectivity index (χ2n) is 1.81. The van der Waals surface area contributed by atoms with E-state index in [4.69, 9.17) is 4.42 Å². The number of rotatable bonds is 2. The van der Waals surface area contributed by atoms with Crippen molar-refractivity contribution in [1.82, 2.24) is 4.98 Å². The molecule has 0 fully saturated rings. The molecule has 0 radical (unpaired) electrons. The summed E-state index contributed by atoms with van der Waals surface area (Å²) in [4.78, 5) is 3.92. The quantitative estimate of drug-likeness (QED) is 0.622. The summed E-state index contributed by atoms with van der Waals surface area (Å²) >= 11 is 0. The molecule has 1 rings (SSSR count). The minimum Gasteiger partial charge on any atom is -0.443 e. The van der Waals surface area contributed by atoms with Gasteiger partial charge in [-0.15, -0.1) is 0 Å². The zero-order valence-electron chi connectivity index (χ0n) is 5.87. The fourth-order valence-electron chi connectivity index (χ4n) is 0.693. The first-order chi connectivity index (χ1) is 4.88. The fraction of sp³-hybridized carbons (Fsp3) is 0.125. The average molecular weight is 135 g/mol. The molecular formula is C8H9NO. The molecule has 0 aromatic carbocycles. The molecule has 0 N–H and O–H groups in total. The van der Waals surface area contributed by atoms with E-state index in [0.717, 1.165) is 11.5 Å². The Labute approximate surface area is 59.9 Å². The summed E-state index contributed by atoms with van der Waals surface area (Å²) in [5.41, 5.74) is 0.790. The van der Waals surface area contributed by atoms with Crippen LogP contribution >= 0.6 is 0 Å². The maximum absolute atomic E-state index is 5.03. The molecule has 0 unspecified atom stereocenters. The molecule has 1 aromatic rings. The predicted molar refractivity (Wildman–Crippen MR) is 41.3 cm³/mol. The molecule has 0 aliphatic heterocycles. The molecule has 1 aromatic heterocycles. The first-order valence-corrected chi connectivity index (χ1v) is 3.07. The molecule has 0 amide bonds. The smallest absolute Gasteiger partial charge is 0.181 e. The van der Waals surface area contributed by atoms with Crippen molar-refractivity contribution in [2.45, 2.75) is 6.92 Å². The highest BCUT2D eigenvalue weighted by molar-refractivity contribution is 5.56. The van der Waals surface area contributed by atoms with E-state index < -0.39 is 0 Å². The molecule has 0 spiro atoms. The van der Waals surface area contributed by atoms with E-state index in [1.807, 2.05) is 19.1 Å². The van der Waals surface area contributed by atoms with Gasteiger partial charge in [-0.2, -0.15) is 0 Å². The van der Waals surface area contributed by atoms with Crippen LogP contribution in [0.2, 0.25) is 0 Å². The minimum atomic E-state index is 0.762. The summed E-state index contributed by atoms with van der Waals surface area (Å²) in [6.07, 6.45) is 6.82. The van der Waals surface area contributed by atoms with Crippen LogP contribution in [0.3, 0.4) is 0 Å². The van der Waals surface area contributed by atoms with Gasteiger partial charge in [0.1, 0.15) is 5.69 Å². The Hall–Kier alpha value is -1.31. The summed E-state index contributed by atoms with van der Waals surface area (Å²) in [5.74, 6) is 0.762. The monoisotopic (exact) mass is 135 g/mol. The second-order valence-corrected chi connectivity index (χ2v) is 1.81. The third-order valence-corrected chi connectivity index (χ3v) is 1.14. The Balaban J connectivity index is 3.00. The van der Waals surface area contributed by atoms with Crippen LogP contribution in [0, 0.1) is 0 Å². The molecule has 0 saturated carbocycles. The molecule has 0 aliphatic rings. The zero-order valence-corrected chi connectivity index (χ0v) is 5.87. The van der Waals surface area contributed by atoms with Crippen molar-refractivity contribution in [1.29, 1.82) is 0 Å². The summed E-state index contributed by atoms with van der Waals surface area (Å²) in [6.45, 7) is 5.52. The number of allylic oxidation sites excluding steroid dienone is 1. The van der Waals surface area contributed by atoms with E-state index >= 15 is 0 Å². The van der Waals surface area contributed by atoms with Crippen molar-refractivity contribution in [2.24, 2.45) is 0 Å². The van der Waals surface area contributed by atoms with Crippen molar-refractivity contribution < 1.29 is 4.42 Å². The highest BCUT2D eigenvalue weighted by Gasteiger charge is 1.97. The van der Waals surface area contributed by atoms with Crippen molar-refractivity contribution in [2.75, 3.05) is 0 Å². The van der Waals surface area contributed by atoms with Crippen LogP contribution in [0.15, 0.2) is 23.5 Å². The minimum absolute atomic E-state index is 0.762. The lowest BCUT2D eigenvalue weighted by atomic mass is 10.3. The molecule has 52 valence electrons. The average Bonchev–Trinajstić information content (AvgIpc) is 2.36. The molecule has 2 nitrogen and oxygen atoms in total. The van der Waals surface area contributed by atoms with E-state index in [-0.39, 0.29) is 0 Å². The van der Waals surface area contributed by atoms with Crippen molar-refractivity contribution in [3.63, 3.8) is 0 Å². The molecule has 0 bridgehead atoms. The van der Waals surface area contributed by atoms with Crippen molar-refractivity contribution in [3.05, 3.63) is 30.5 Å². The van der Waals surface area contributed by atoms with Gasteiger partial charge in [0.05, 0.1) is 0 Å². The Bertz CT molecular complexity index is 248. The number of hydrogen-bond acceptors (Lipinski definition) is 2. The van der Waals surface area contributed by atoms with E-state index in [1.54, 1.807) is 6.08 Å². The Morgan fingerprint density at radius 3 is 3.10 bits per heavy atom. The van der Waals surface area contributed by atoms with Crippen molar-refractivity contribution >= 4 is 12.2 Å². The Morgan fingerprint density at radius 1 is 1.70 bits per heavy atom. The molecular weight excluding hydrogens is 126 g/mol. The topological polar surface area (TPSA) is 26.0 Å². The lowest BCUT2D eigenvalue weighted by Gasteiger charge is -1.83. The number of hydrogen-bond donors (Lipinski definition) is 0. The van der Waals surface area contributed by atoms with Crippen LogP contribution in [-0.2, 0) is 0 Å². The first-order valence-electron chi connectivity index (χ1n) is 3.07. The zero-order chi connectivity index (χ0) is 7.40. The summed E-state index contributed by atoms with van der Waals surface area (Å²) in [5, 5.41) is 0. The van der Waals surface area contributed by atoms with E-state index in [2.05, 4.69) is 11.6 Å². The van der Waals surface area contributed by atoms with E-state index in [9.17, 15) is 0 Å². The molecule has 0 aliphatic carbocycles. The molecule has 1 heterocycles. The van der Waals surface area contributed by atoms with Gasteiger partial charge in [0, 0.05) is 0 Å². The lowest BCUT2D eigenvalue weighted by Crippen LogP contribution is -1.71. The van der Waals surface area contributed by atoms with E-state index in [1.165, 1.54) is 6.39 Å². The predicted octanol–water partition coefficient (Wildman–Crippen LogP) is 2.35. The third-order valence-electron chi connectivity index (χ3n) is 1.14. The van der Waals surface area contributed by atoms with Crippen LogP contribution in [0.5, 0.6) is 0 Å². The Kier molecular flexibility index (Phi) is 2.05. The summed E-state index contributed by atoms with van der Waals surface area (Å²) < 4.78 is 5.03. The standard InChI is InChI=1S/C8H9NO/c1-3-5-8-7(4-2)9-6-10-8/h3-6H,2H2,1H3/b5-3-. The molecule has 0 atom stereocenters. The Morgan fingerprint density at radius 2 is 2.50 bits per heavy atom. The second kappa shape index (κ2) is 3.01. The highest BCUT2D eigenvalue weighted by Crippen LogP contribution is 2.09. The normalized spacial score (nSPS) is 10.5. The van der Waals surface area contributed by atoms with Gasteiger partial charge >= 0.3 is 0 Å². The SMILES string of the molecule is C=Cc1ncoc1/C=C\C. The fourth-order valence-corrected chi connectivity index (χ4v) is 0.693. The first kappa shape index (κ1) is 6.81. The lowest BCUT2D eigenvalue weighted by molar-refractivity contribution is 0.548. The van der Waals surface area contributed by atoms with Gasteiger partial charge in [0.25, 0.3) is 0 Å². The third kappa shape index (κ3) is 1.16. The number of nitrogens with zero attached hydrogens (tertiary/aromatic N) is 1. The molecule has 2 heteroatoms. The maximum Gasteiger partial charge on any atom is 0.181 e. The van der Waals surface area contributed by atoms with Gasteiger partial charge in [-0.25, -0.2) is 4.98 Å². The largest absolute Gasteiger partial charge is 0.443 e. The van der Waals surface area contributed by atoms with E-state index in [0.29, 0.717) is 0 Å². The van der Waals surface area contributed by atoms with Gasteiger partial charge in [0.2, 0.25) is 0 Å². The van der Waals surface area contributed by atoms with Gasteiger partial charge in [-0.3, -0.25) is 0 Å². The number of aromatic nitrogens is 1. The number of oxazole rings is 1. The van der Waals surface area contributed by atoms with Gasteiger partial charge in [-0.1, -0.05) is 12.7 Å². The van der Waals surface area contributed by atoms with Crippen LogP contribution < -0.4 is 0 Å².